The second-order valence-corrected chi connectivity index (χ2v) is 2.44. The maximum atomic E-state index is 10.8. The molecule has 1 aromatic rings. The fourth-order valence-corrected chi connectivity index (χ4v) is 0.867. The number of rotatable bonds is 3. The molecule has 74 valence electrons. The average molecular weight is 206 g/mol. The molecule has 0 saturated heterocycles. The Kier molecular flexibility index (Phi) is 5.18. The summed E-state index contributed by atoms with van der Waals surface area (Å²) in [5, 5.41) is 0. The number of esters is 1. The molecule has 1 atom stereocenters. The SMILES string of the molecule is COC(=O)C[C@H](N)c1ccoc1.Cl. The van der Waals surface area contributed by atoms with Crippen molar-refractivity contribution in [2.24, 2.45) is 5.73 Å². The molecule has 0 aliphatic rings. The first-order chi connectivity index (χ1) is 5.74. The van der Waals surface area contributed by atoms with E-state index in [4.69, 9.17) is 10.2 Å². The normalized spacial score (nSPS) is 11.5. The van der Waals surface area contributed by atoms with Crippen molar-refractivity contribution < 1.29 is 13.9 Å². The highest BCUT2D eigenvalue weighted by Crippen LogP contribution is 2.14. The Balaban J connectivity index is 0.00000144. The van der Waals surface area contributed by atoms with E-state index < -0.39 is 0 Å². The fourth-order valence-electron chi connectivity index (χ4n) is 0.867. The van der Waals surface area contributed by atoms with Gasteiger partial charge >= 0.3 is 5.97 Å². The highest BCUT2D eigenvalue weighted by Gasteiger charge is 2.12. The van der Waals surface area contributed by atoms with Gasteiger partial charge in [-0.2, -0.15) is 0 Å². The lowest BCUT2D eigenvalue weighted by molar-refractivity contribution is -0.141. The number of halogens is 1. The molecule has 0 aromatic carbocycles. The first-order valence-electron chi connectivity index (χ1n) is 3.58. The van der Waals surface area contributed by atoms with Gasteiger partial charge in [-0.05, 0) is 6.07 Å². The Bertz CT molecular complexity index is 248. The lowest BCUT2D eigenvalue weighted by Crippen LogP contribution is -2.15. The molecule has 1 rings (SSSR count). The summed E-state index contributed by atoms with van der Waals surface area (Å²) in [5.41, 5.74) is 6.46. The maximum Gasteiger partial charge on any atom is 0.307 e. The van der Waals surface area contributed by atoms with Crippen molar-refractivity contribution in [2.75, 3.05) is 7.11 Å². The number of carbonyl (C=O) groups excluding carboxylic acids is 1. The third-order valence-electron chi connectivity index (χ3n) is 1.59. The molecule has 0 saturated carbocycles. The van der Waals surface area contributed by atoms with Crippen molar-refractivity contribution in [1.82, 2.24) is 0 Å². The molecule has 2 N–H and O–H groups in total. The number of furan rings is 1. The number of hydrogen-bond donors (Lipinski definition) is 1. The van der Waals surface area contributed by atoms with E-state index in [2.05, 4.69) is 4.74 Å². The molecule has 1 heterocycles. The summed E-state index contributed by atoms with van der Waals surface area (Å²) in [7, 11) is 1.34. The number of methoxy groups -OCH3 is 1. The van der Waals surface area contributed by atoms with Crippen LogP contribution in [0.2, 0.25) is 0 Å². The monoisotopic (exact) mass is 205 g/mol. The summed E-state index contributed by atoms with van der Waals surface area (Å²) < 4.78 is 9.29. The molecule has 13 heavy (non-hydrogen) atoms. The summed E-state index contributed by atoms with van der Waals surface area (Å²) in [6.07, 6.45) is 3.22. The van der Waals surface area contributed by atoms with Gasteiger partial charge in [0.15, 0.2) is 0 Å². The highest BCUT2D eigenvalue weighted by atomic mass is 35.5. The Morgan fingerprint density at radius 2 is 2.46 bits per heavy atom. The van der Waals surface area contributed by atoms with Crippen LogP contribution < -0.4 is 5.73 Å². The minimum absolute atomic E-state index is 0. The minimum atomic E-state index is -0.337. The zero-order chi connectivity index (χ0) is 8.97. The molecule has 0 fully saturated rings. The van der Waals surface area contributed by atoms with Crippen LogP contribution in [0.1, 0.15) is 18.0 Å². The lowest BCUT2D eigenvalue weighted by atomic mass is 10.1. The fraction of sp³-hybridized carbons (Fsp3) is 0.375. The second-order valence-electron chi connectivity index (χ2n) is 2.44. The van der Waals surface area contributed by atoms with Gasteiger partial charge in [0.2, 0.25) is 0 Å². The third-order valence-corrected chi connectivity index (χ3v) is 1.59. The zero-order valence-electron chi connectivity index (χ0n) is 7.23. The van der Waals surface area contributed by atoms with E-state index in [1.54, 1.807) is 6.07 Å². The molecule has 1 aromatic heterocycles. The number of nitrogens with two attached hydrogens (primary N) is 1. The number of carbonyl (C=O) groups is 1. The van der Waals surface area contributed by atoms with E-state index >= 15 is 0 Å². The summed E-state index contributed by atoms with van der Waals surface area (Å²) in [5.74, 6) is -0.316. The van der Waals surface area contributed by atoms with Crippen LogP contribution in [-0.2, 0) is 9.53 Å². The Hall–Kier alpha value is -1.00. The van der Waals surface area contributed by atoms with Crippen LogP contribution in [-0.4, -0.2) is 13.1 Å². The van der Waals surface area contributed by atoms with Gasteiger partial charge in [-0.3, -0.25) is 4.79 Å². The van der Waals surface area contributed by atoms with Gasteiger partial charge in [0.1, 0.15) is 0 Å². The van der Waals surface area contributed by atoms with Gasteiger partial charge in [0.05, 0.1) is 26.1 Å². The van der Waals surface area contributed by atoms with E-state index in [9.17, 15) is 4.79 Å². The standard InChI is InChI=1S/C8H11NO3.ClH/c1-11-8(10)4-7(9)6-2-3-12-5-6;/h2-3,5,7H,4,9H2,1H3;1H/t7-;/m0./s1. The van der Waals surface area contributed by atoms with E-state index in [-0.39, 0.29) is 30.8 Å². The van der Waals surface area contributed by atoms with Gasteiger partial charge in [-0.1, -0.05) is 0 Å². The van der Waals surface area contributed by atoms with Crippen LogP contribution in [0.15, 0.2) is 23.0 Å². The molecule has 0 bridgehead atoms. The van der Waals surface area contributed by atoms with Crippen LogP contribution >= 0.6 is 12.4 Å². The summed E-state index contributed by atoms with van der Waals surface area (Å²) in [4.78, 5) is 10.8. The average Bonchev–Trinajstić information content (AvgIpc) is 2.56. The molecular formula is C8H12ClNO3. The van der Waals surface area contributed by atoms with Crippen LogP contribution in [0, 0.1) is 0 Å². The predicted molar refractivity (Wildman–Crippen MR) is 49.5 cm³/mol. The molecular weight excluding hydrogens is 194 g/mol. The molecule has 4 nitrogen and oxygen atoms in total. The Morgan fingerprint density at radius 1 is 1.77 bits per heavy atom. The van der Waals surface area contributed by atoms with Gasteiger partial charge in [-0.15, -0.1) is 12.4 Å². The third kappa shape index (κ3) is 3.48. The van der Waals surface area contributed by atoms with E-state index in [0.717, 1.165) is 5.56 Å². The van der Waals surface area contributed by atoms with Crippen LogP contribution in [0.3, 0.4) is 0 Å². The topological polar surface area (TPSA) is 65.5 Å². The molecule has 0 radical (unpaired) electrons. The van der Waals surface area contributed by atoms with Gasteiger partial charge < -0.3 is 14.9 Å². The smallest absolute Gasteiger partial charge is 0.307 e. The lowest BCUT2D eigenvalue weighted by Gasteiger charge is -2.06. The summed E-state index contributed by atoms with van der Waals surface area (Å²) in [6, 6.07) is 1.39. The summed E-state index contributed by atoms with van der Waals surface area (Å²) >= 11 is 0. The van der Waals surface area contributed by atoms with Crippen molar-refractivity contribution in [3.8, 4) is 0 Å². The van der Waals surface area contributed by atoms with Crippen molar-refractivity contribution in [1.29, 1.82) is 0 Å². The van der Waals surface area contributed by atoms with Crippen molar-refractivity contribution in [2.45, 2.75) is 12.5 Å². The first-order valence-corrected chi connectivity index (χ1v) is 3.58. The Labute approximate surface area is 82.5 Å². The van der Waals surface area contributed by atoms with E-state index in [1.165, 1.54) is 19.6 Å². The maximum absolute atomic E-state index is 10.8. The quantitative estimate of drug-likeness (QED) is 0.755. The number of ether oxygens (including phenoxy) is 1. The molecule has 0 unspecified atom stereocenters. The van der Waals surface area contributed by atoms with E-state index in [0.29, 0.717) is 0 Å². The van der Waals surface area contributed by atoms with Crippen molar-refractivity contribution >= 4 is 18.4 Å². The molecule has 0 spiro atoms. The van der Waals surface area contributed by atoms with Crippen molar-refractivity contribution in [3.05, 3.63) is 24.2 Å². The molecule has 0 aliphatic heterocycles. The zero-order valence-corrected chi connectivity index (χ0v) is 8.04. The van der Waals surface area contributed by atoms with Crippen LogP contribution in [0.5, 0.6) is 0 Å². The largest absolute Gasteiger partial charge is 0.472 e. The second kappa shape index (κ2) is 5.61. The van der Waals surface area contributed by atoms with Crippen LogP contribution in [0.25, 0.3) is 0 Å². The predicted octanol–water partition coefficient (Wildman–Crippen LogP) is 1.26. The highest BCUT2D eigenvalue weighted by molar-refractivity contribution is 5.85. The van der Waals surface area contributed by atoms with Gasteiger partial charge in [0, 0.05) is 11.6 Å². The molecule has 5 heteroatoms. The van der Waals surface area contributed by atoms with E-state index in [1.807, 2.05) is 0 Å². The summed E-state index contributed by atoms with van der Waals surface area (Å²) in [6.45, 7) is 0. The first kappa shape index (κ1) is 12.0. The van der Waals surface area contributed by atoms with Crippen LogP contribution in [0.4, 0.5) is 0 Å². The van der Waals surface area contributed by atoms with Crippen molar-refractivity contribution in [3.63, 3.8) is 0 Å². The molecule has 0 amide bonds. The van der Waals surface area contributed by atoms with Gasteiger partial charge in [0.25, 0.3) is 0 Å². The molecule has 0 aliphatic carbocycles. The van der Waals surface area contributed by atoms with Gasteiger partial charge in [-0.25, -0.2) is 0 Å². The minimum Gasteiger partial charge on any atom is -0.472 e. The Morgan fingerprint density at radius 3 is 2.92 bits per heavy atom. The number of hydrogen-bond acceptors (Lipinski definition) is 4.